The first-order valence-corrected chi connectivity index (χ1v) is 9.03. The molecule has 0 fully saturated rings. The van der Waals surface area contributed by atoms with Crippen LogP contribution < -0.4 is 0 Å². The highest BCUT2D eigenvalue weighted by atomic mass is 35.5. The molecule has 0 spiro atoms. The fraction of sp³-hybridized carbons (Fsp3) is 0.238. The van der Waals surface area contributed by atoms with Gasteiger partial charge in [0.05, 0.1) is 18.0 Å². The number of carbonyl (C=O) groups excluding carboxylic acids is 2. The summed E-state index contributed by atoms with van der Waals surface area (Å²) in [6.07, 6.45) is 0. The van der Waals surface area contributed by atoms with Gasteiger partial charge in [0, 0.05) is 21.7 Å². The van der Waals surface area contributed by atoms with E-state index in [1.165, 1.54) is 6.07 Å². The monoisotopic (exact) mass is 385 g/mol. The predicted molar refractivity (Wildman–Crippen MR) is 105 cm³/mol. The summed E-state index contributed by atoms with van der Waals surface area (Å²) >= 11 is 5.92. The Bertz CT molecular complexity index is 1020. The standard InChI is InChI=1S/C21H20ClNO4/c1-4-27-21(26)12(2)19-13(3)23(18-10-9-16(24)11-17(18)19)20(25)14-5-7-15(22)8-6-14/h5-12,24H,4H2,1-3H3/t12-/m0/s1. The highest BCUT2D eigenvalue weighted by Crippen LogP contribution is 2.35. The van der Waals surface area contributed by atoms with Gasteiger partial charge in [-0.25, -0.2) is 0 Å². The summed E-state index contributed by atoms with van der Waals surface area (Å²) < 4.78 is 6.71. The molecule has 3 aromatic rings. The van der Waals surface area contributed by atoms with Crippen LogP contribution in [0.1, 0.15) is 41.4 Å². The minimum absolute atomic E-state index is 0.0656. The number of nitrogens with zero attached hydrogens (tertiary/aromatic N) is 1. The average molecular weight is 386 g/mol. The van der Waals surface area contributed by atoms with Gasteiger partial charge < -0.3 is 9.84 Å². The Morgan fingerprint density at radius 3 is 2.48 bits per heavy atom. The van der Waals surface area contributed by atoms with Crippen LogP contribution in [0, 0.1) is 6.92 Å². The summed E-state index contributed by atoms with van der Waals surface area (Å²) in [5.41, 5.74) is 2.40. The van der Waals surface area contributed by atoms with Crippen molar-refractivity contribution in [2.75, 3.05) is 6.61 Å². The van der Waals surface area contributed by atoms with Crippen molar-refractivity contribution in [1.29, 1.82) is 0 Å². The molecule has 0 bridgehead atoms. The molecular weight excluding hydrogens is 366 g/mol. The van der Waals surface area contributed by atoms with Crippen LogP contribution in [-0.2, 0) is 9.53 Å². The van der Waals surface area contributed by atoms with Gasteiger partial charge in [-0.1, -0.05) is 11.6 Å². The molecule has 5 nitrogen and oxygen atoms in total. The molecule has 0 unspecified atom stereocenters. The summed E-state index contributed by atoms with van der Waals surface area (Å²) in [5, 5.41) is 11.1. The van der Waals surface area contributed by atoms with Crippen LogP contribution >= 0.6 is 11.6 Å². The lowest BCUT2D eigenvalue weighted by Crippen LogP contribution is -2.16. The maximum absolute atomic E-state index is 13.2. The lowest BCUT2D eigenvalue weighted by molar-refractivity contribution is -0.144. The third kappa shape index (κ3) is 3.43. The number of ether oxygens (including phenoxy) is 1. The van der Waals surface area contributed by atoms with Crippen LogP contribution in [0.3, 0.4) is 0 Å². The first-order valence-electron chi connectivity index (χ1n) is 8.66. The number of phenolic OH excluding ortho intramolecular Hbond substituents is 1. The van der Waals surface area contributed by atoms with Gasteiger partial charge in [0.25, 0.3) is 5.91 Å². The zero-order valence-electron chi connectivity index (χ0n) is 15.3. The van der Waals surface area contributed by atoms with E-state index in [0.29, 0.717) is 32.7 Å². The van der Waals surface area contributed by atoms with Crippen molar-refractivity contribution < 1.29 is 19.4 Å². The maximum atomic E-state index is 13.2. The number of hydrogen-bond acceptors (Lipinski definition) is 4. The Morgan fingerprint density at radius 2 is 1.85 bits per heavy atom. The van der Waals surface area contributed by atoms with E-state index in [1.807, 2.05) is 0 Å². The molecule has 6 heteroatoms. The van der Waals surface area contributed by atoms with Crippen LogP contribution in [0.5, 0.6) is 5.75 Å². The second-order valence-electron chi connectivity index (χ2n) is 6.32. The Balaban J connectivity index is 2.22. The quantitative estimate of drug-likeness (QED) is 0.663. The maximum Gasteiger partial charge on any atom is 0.313 e. The van der Waals surface area contributed by atoms with Gasteiger partial charge in [-0.05, 0) is 68.8 Å². The zero-order valence-corrected chi connectivity index (χ0v) is 16.1. The molecule has 1 aromatic heterocycles. The summed E-state index contributed by atoms with van der Waals surface area (Å²) in [6, 6.07) is 11.4. The molecule has 0 aliphatic carbocycles. The van der Waals surface area contributed by atoms with Gasteiger partial charge in [0.15, 0.2) is 0 Å². The molecule has 140 valence electrons. The van der Waals surface area contributed by atoms with Crippen molar-refractivity contribution in [1.82, 2.24) is 4.57 Å². The van der Waals surface area contributed by atoms with Crippen LogP contribution in [0.2, 0.25) is 5.02 Å². The fourth-order valence-corrected chi connectivity index (χ4v) is 3.47. The number of hydrogen-bond donors (Lipinski definition) is 1. The predicted octanol–water partition coefficient (Wildman–Crippen LogP) is 4.66. The molecule has 1 heterocycles. The van der Waals surface area contributed by atoms with Gasteiger partial charge in [-0.2, -0.15) is 0 Å². The smallest absolute Gasteiger partial charge is 0.313 e. The first-order chi connectivity index (χ1) is 12.8. The fourth-order valence-electron chi connectivity index (χ4n) is 3.35. The largest absolute Gasteiger partial charge is 0.508 e. The second kappa shape index (κ2) is 7.45. The molecule has 2 aromatic carbocycles. The first kappa shape index (κ1) is 19.0. The number of fused-ring (bicyclic) bond motifs is 1. The van der Waals surface area contributed by atoms with Gasteiger partial charge in [-0.15, -0.1) is 0 Å². The molecular formula is C21H20ClNO4. The number of halogens is 1. The van der Waals surface area contributed by atoms with Crippen LogP contribution in [0.4, 0.5) is 0 Å². The van der Waals surface area contributed by atoms with E-state index in [1.54, 1.807) is 61.7 Å². The topological polar surface area (TPSA) is 68.5 Å². The van der Waals surface area contributed by atoms with Gasteiger partial charge in [-0.3, -0.25) is 14.2 Å². The molecule has 0 radical (unpaired) electrons. The lowest BCUT2D eigenvalue weighted by atomic mass is 9.98. The van der Waals surface area contributed by atoms with Crippen LogP contribution in [0.15, 0.2) is 42.5 Å². The molecule has 1 N–H and O–H groups in total. The number of rotatable bonds is 4. The van der Waals surface area contributed by atoms with Crippen molar-refractivity contribution in [3.05, 3.63) is 64.3 Å². The third-order valence-electron chi connectivity index (χ3n) is 4.60. The molecule has 0 amide bonds. The third-order valence-corrected chi connectivity index (χ3v) is 4.86. The number of esters is 1. The van der Waals surface area contributed by atoms with Crippen molar-refractivity contribution in [3.63, 3.8) is 0 Å². The van der Waals surface area contributed by atoms with Crippen LogP contribution in [-0.4, -0.2) is 28.2 Å². The zero-order chi connectivity index (χ0) is 19.7. The summed E-state index contributed by atoms with van der Waals surface area (Å²) in [5.74, 6) is -1.12. The summed E-state index contributed by atoms with van der Waals surface area (Å²) in [7, 11) is 0. The van der Waals surface area contributed by atoms with Gasteiger partial charge in [0.2, 0.25) is 0 Å². The van der Waals surface area contributed by atoms with Crippen molar-refractivity contribution >= 4 is 34.4 Å². The SMILES string of the molecule is CCOC(=O)[C@@H](C)c1c(C)n(C(=O)c2ccc(Cl)cc2)c2ccc(O)cc12. The molecule has 0 saturated carbocycles. The minimum atomic E-state index is -0.575. The summed E-state index contributed by atoms with van der Waals surface area (Å²) in [6.45, 7) is 5.54. The molecule has 3 rings (SSSR count). The van der Waals surface area contributed by atoms with E-state index in [2.05, 4.69) is 0 Å². The Hall–Kier alpha value is -2.79. The van der Waals surface area contributed by atoms with Gasteiger partial charge >= 0.3 is 5.97 Å². The normalized spacial score (nSPS) is 12.1. The number of carbonyl (C=O) groups is 2. The van der Waals surface area contributed by atoms with Crippen molar-refractivity contribution in [3.8, 4) is 5.75 Å². The lowest BCUT2D eigenvalue weighted by Gasteiger charge is -2.12. The molecule has 0 saturated heterocycles. The van der Waals surface area contributed by atoms with E-state index in [-0.39, 0.29) is 24.2 Å². The number of phenols is 1. The molecule has 27 heavy (non-hydrogen) atoms. The highest BCUT2D eigenvalue weighted by molar-refractivity contribution is 6.30. The Kier molecular flexibility index (Phi) is 5.24. The van der Waals surface area contributed by atoms with E-state index in [9.17, 15) is 14.7 Å². The Morgan fingerprint density at radius 1 is 1.19 bits per heavy atom. The minimum Gasteiger partial charge on any atom is -0.508 e. The highest BCUT2D eigenvalue weighted by Gasteiger charge is 2.27. The van der Waals surface area contributed by atoms with E-state index in [0.717, 1.165) is 0 Å². The molecule has 1 atom stereocenters. The van der Waals surface area contributed by atoms with E-state index >= 15 is 0 Å². The number of benzene rings is 2. The molecule has 0 aliphatic heterocycles. The van der Waals surface area contributed by atoms with Crippen molar-refractivity contribution in [2.24, 2.45) is 0 Å². The number of aromatic hydroxyl groups is 1. The molecule has 0 aliphatic rings. The van der Waals surface area contributed by atoms with E-state index < -0.39 is 5.92 Å². The van der Waals surface area contributed by atoms with E-state index in [4.69, 9.17) is 16.3 Å². The summed E-state index contributed by atoms with van der Waals surface area (Å²) in [4.78, 5) is 25.5. The van der Waals surface area contributed by atoms with Gasteiger partial charge in [0.1, 0.15) is 5.75 Å². The van der Waals surface area contributed by atoms with Crippen molar-refractivity contribution in [2.45, 2.75) is 26.7 Å². The average Bonchev–Trinajstić information content (AvgIpc) is 2.92. The number of aromatic nitrogens is 1. The second-order valence-corrected chi connectivity index (χ2v) is 6.76. The van der Waals surface area contributed by atoms with Crippen LogP contribution in [0.25, 0.3) is 10.9 Å². The Labute approximate surface area is 162 Å².